The third-order valence-corrected chi connectivity index (χ3v) is 6.05. The van der Waals surface area contributed by atoms with Crippen LogP contribution in [0.4, 0.5) is 0 Å². The van der Waals surface area contributed by atoms with Crippen molar-refractivity contribution in [2.45, 2.75) is 13.0 Å². The first kappa shape index (κ1) is 32.1. The van der Waals surface area contributed by atoms with Gasteiger partial charge in [-0.3, -0.25) is 4.48 Å². The predicted octanol–water partition coefficient (Wildman–Crippen LogP) is 6.33. The largest absolute Gasteiger partial charge is 1.00 e. The topological polar surface area (TPSA) is 0 Å². The second-order valence-corrected chi connectivity index (χ2v) is 8.92. The Hall–Kier alpha value is -3.91. The molecule has 0 bridgehead atoms. The van der Waals surface area contributed by atoms with Gasteiger partial charge in [0.15, 0.2) is 0 Å². The fourth-order valence-corrected chi connectivity index (χ4v) is 3.74. The van der Waals surface area contributed by atoms with Crippen molar-refractivity contribution in [2.75, 3.05) is 13.6 Å². The Morgan fingerprint density at radius 1 is 0.553 bits per heavy atom. The van der Waals surface area contributed by atoms with Gasteiger partial charge in [0.05, 0.1) is 19.8 Å². The number of quaternary nitrogens is 1. The lowest BCUT2D eigenvalue weighted by Gasteiger charge is -2.30. The van der Waals surface area contributed by atoms with Gasteiger partial charge < -0.3 is 12.4 Å². The zero-order valence-electron chi connectivity index (χ0n) is 22.6. The summed E-state index contributed by atoms with van der Waals surface area (Å²) in [7, 11) is 2.24. The molecule has 0 aromatic heterocycles. The molecule has 4 aromatic rings. The molecule has 0 amide bonds. The maximum absolute atomic E-state index is 4.01. The summed E-state index contributed by atoms with van der Waals surface area (Å²) in [6.45, 7) is 17.1. The number of rotatable bonds is 9. The van der Waals surface area contributed by atoms with E-state index in [0.717, 1.165) is 35.1 Å². The average molecular weight is 522 g/mol. The Labute approximate surface area is 236 Å². The molecule has 0 saturated heterocycles. The van der Waals surface area contributed by atoms with Crippen LogP contribution in [-0.2, 0) is 13.0 Å². The highest BCUT2D eigenvalue weighted by Gasteiger charge is 2.18. The molecule has 4 aromatic carbocycles. The van der Waals surface area contributed by atoms with E-state index >= 15 is 0 Å². The molecular formula is C36H40ClN. The zero-order chi connectivity index (χ0) is 26.8. The molecule has 0 fully saturated rings. The number of halogens is 1. The van der Waals surface area contributed by atoms with E-state index in [1.807, 2.05) is 72.8 Å². The lowest BCUT2D eigenvalue weighted by Crippen LogP contribution is -3.00. The van der Waals surface area contributed by atoms with E-state index in [1.54, 1.807) is 0 Å². The summed E-state index contributed by atoms with van der Waals surface area (Å²) in [5.74, 6) is 0. The minimum atomic E-state index is 0. The highest BCUT2D eigenvalue weighted by molar-refractivity contribution is 5.63. The van der Waals surface area contributed by atoms with Gasteiger partial charge in [0.1, 0.15) is 6.54 Å². The first-order valence-corrected chi connectivity index (χ1v) is 12.6. The number of nitrogens with zero attached hydrogens (tertiary/aromatic N) is 1. The Bertz CT molecular complexity index is 1190. The number of hydrogen-bond acceptors (Lipinski definition) is 0. The molecule has 0 radical (unpaired) electrons. The van der Waals surface area contributed by atoms with Crippen molar-refractivity contribution in [1.29, 1.82) is 0 Å². The van der Waals surface area contributed by atoms with Gasteiger partial charge in [-0.25, -0.2) is 0 Å². The van der Waals surface area contributed by atoms with E-state index in [4.69, 9.17) is 0 Å². The molecule has 1 unspecified atom stereocenters. The van der Waals surface area contributed by atoms with E-state index in [9.17, 15) is 0 Å². The lowest BCUT2D eigenvalue weighted by atomic mass is 10.1. The van der Waals surface area contributed by atoms with Gasteiger partial charge in [-0.05, 0) is 28.8 Å². The predicted molar refractivity (Wildman–Crippen MR) is 165 cm³/mol. The van der Waals surface area contributed by atoms with Crippen molar-refractivity contribution >= 4 is 18.2 Å². The highest BCUT2D eigenvalue weighted by Crippen LogP contribution is 2.14. The summed E-state index contributed by atoms with van der Waals surface area (Å²) in [5, 5.41) is 0. The molecule has 0 aliphatic heterocycles. The normalized spacial score (nSPS) is 11.0. The van der Waals surface area contributed by atoms with Crippen molar-refractivity contribution in [3.63, 3.8) is 0 Å². The summed E-state index contributed by atoms with van der Waals surface area (Å²) in [6.07, 6.45) is 8.63. The molecule has 2 heteroatoms. The van der Waals surface area contributed by atoms with Crippen LogP contribution >= 0.6 is 0 Å². The van der Waals surface area contributed by atoms with Crippen LogP contribution in [0.25, 0.3) is 18.2 Å². The Morgan fingerprint density at radius 2 is 0.974 bits per heavy atom. The summed E-state index contributed by atoms with van der Waals surface area (Å²) >= 11 is 0. The van der Waals surface area contributed by atoms with Crippen LogP contribution in [0.2, 0.25) is 0 Å². The second-order valence-electron chi connectivity index (χ2n) is 8.92. The van der Waals surface area contributed by atoms with Crippen LogP contribution in [-0.4, -0.2) is 18.1 Å². The van der Waals surface area contributed by atoms with Gasteiger partial charge in [0.25, 0.3) is 0 Å². The summed E-state index contributed by atoms with van der Waals surface area (Å²) in [4.78, 5) is 0. The molecule has 196 valence electrons. The number of hydrogen-bond donors (Lipinski definition) is 0. The van der Waals surface area contributed by atoms with Crippen LogP contribution in [0.5, 0.6) is 0 Å². The summed E-state index contributed by atoms with van der Waals surface area (Å²) in [5.41, 5.74) is 6.20. The molecule has 1 atom stereocenters. The summed E-state index contributed by atoms with van der Waals surface area (Å²) in [6, 6.07) is 39.3. The number of benzene rings is 4. The van der Waals surface area contributed by atoms with Gasteiger partial charge in [0.2, 0.25) is 0 Å². The van der Waals surface area contributed by atoms with E-state index in [2.05, 4.69) is 100 Å². The molecule has 0 spiro atoms. The first-order valence-electron chi connectivity index (χ1n) is 12.6. The van der Waals surface area contributed by atoms with Crippen molar-refractivity contribution in [1.82, 2.24) is 0 Å². The molecule has 0 saturated carbocycles. The number of likely N-dealkylation sites (N-methyl/N-ethyl adjacent to an activating group) is 1. The van der Waals surface area contributed by atoms with Crippen LogP contribution in [0.15, 0.2) is 148 Å². The van der Waals surface area contributed by atoms with E-state index in [-0.39, 0.29) is 12.4 Å². The molecule has 38 heavy (non-hydrogen) atoms. The van der Waals surface area contributed by atoms with Crippen molar-refractivity contribution in [2.24, 2.45) is 0 Å². The second kappa shape index (κ2) is 18.4. The van der Waals surface area contributed by atoms with Crippen LogP contribution < -0.4 is 12.4 Å². The Kier molecular flexibility index (Phi) is 15.5. The quantitative estimate of drug-likeness (QED) is 0.226. The standard InChI is InChI=1S/C18H22N.C10H10.C8H8.ClH/c1-3-19(2,16-18-12-8-5-9-13-18)15-14-17-10-6-4-7-11-17;1-3-9-7-5-6-8-10(9)4-2;1-2-8-6-4-3-5-7-8;/h3-13H,1,14-16H2,2H3;3-8H,1-2H2;2-7H,1H2;1H/q+1;;;/p-1. The first-order chi connectivity index (χ1) is 18.0. The van der Waals surface area contributed by atoms with Crippen LogP contribution in [0.3, 0.4) is 0 Å². The van der Waals surface area contributed by atoms with Crippen LogP contribution in [0, 0.1) is 0 Å². The molecule has 4 rings (SSSR count). The third-order valence-electron chi connectivity index (χ3n) is 6.05. The van der Waals surface area contributed by atoms with Crippen molar-refractivity contribution < 1.29 is 16.9 Å². The maximum Gasteiger partial charge on any atom is 0.108 e. The third kappa shape index (κ3) is 11.9. The van der Waals surface area contributed by atoms with Gasteiger partial charge in [0, 0.05) is 12.0 Å². The fourth-order valence-electron chi connectivity index (χ4n) is 3.74. The zero-order valence-corrected chi connectivity index (χ0v) is 23.3. The minimum Gasteiger partial charge on any atom is -1.00 e. The highest BCUT2D eigenvalue weighted by atomic mass is 35.5. The van der Waals surface area contributed by atoms with E-state index < -0.39 is 0 Å². The van der Waals surface area contributed by atoms with E-state index in [1.165, 1.54) is 16.7 Å². The molecule has 0 aliphatic carbocycles. The van der Waals surface area contributed by atoms with Crippen molar-refractivity contribution in [3.05, 3.63) is 176 Å². The van der Waals surface area contributed by atoms with E-state index in [0.29, 0.717) is 0 Å². The average Bonchev–Trinajstić information content (AvgIpc) is 2.98. The molecule has 0 N–H and O–H groups in total. The fraction of sp³-hybridized carbons (Fsp3) is 0.111. The SMILES string of the molecule is C=C[N+](C)(CCc1ccccc1)Cc1ccccc1.C=Cc1ccccc1.C=Cc1ccccc1C=C.[Cl-]. The van der Waals surface area contributed by atoms with Gasteiger partial charge in [-0.15, -0.1) is 0 Å². The Morgan fingerprint density at radius 3 is 1.37 bits per heavy atom. The van der Waals surface area contributed by atoms with Crippen molar-refractivity contribution in [3.8, 4) is 0 Å². The monoisotopic (exact) mass is 521 g/mol. The Balaban J connectivity index is 0.000000319. The van der Waals surface area contributed by atoms with Gasteiger partial charge in [-0.1, -0.05) is 153 Å². The summed E-state index contributed by atoms with van der Waals surface area (Å²) < 4.78 is 0.860. The molecular weight excluding hydrogens is 482 g/mol. The minimum absolute atomic E-state index is 0. The smallest absolute Gasteiger partial charge is 0.108 e. The molecule has 0 aliphatic rings. The maximum atomic E-state index is 4.01. The lowest BCUT2D eigenvalue weighted by molar-refractivity contribution is -0.872. The van der Waals surface area contributed by atoms with Gasteiger partial charge in [-0.2, -0.15) is 0 Å². The van der Waals surface area contributed by atoms with Gasteiger partial charge >= 0.3 is 0 Å². The molecule has 1 nitrogen and oxygen atoms in total. The molecule has 0 heterocycles. The van der Waals surface area contributed by atoms with Crippen LogP contribution in [0.1, 0.15) is 27.8 Å².